The number of anilines is 1. The van der Waals surface area contributed by atoms with Crippen molar-refractivity contribution in [2.24, 2.45) is 10.7 Å². The van der Waals surface area contributed by atoms with Crippen LogP contribution in [0.5, 0.6) is 0 Å². The molecule has 2 aliphatic rings. The van der Waals surface area contributed by atoms with Crippen molar-refractivity contribution in [2.75, 3.05) is 26.0 Å². The minimum absolute atomic E-state index is 0.271. The van der Waals surface area contributed by atoms with Gasteiger partial charge in [0.2, 0.25) is 0 Å². The molecule has 9 nitrogen and oxygen atoms in total. The van der Waals surface area contributed by atoms with Crippen molar-refractivity contribution < 1.29 is 23.8 Å². The highest BCUT2D eigenvalue weighted by molar-refractivity contribution is 6.36. The summed E-state index contributed by atoms with van der Waals surface area (Å²) in [6, 6.07) is 9.07. The van der Waals surface area contributed by atoms with Crippen LogP contribution in [0.15, 0.2) is 41.4 Å². The number of aliphatic imine (C=N–C) groups is 1. The molecule has 0 spiro atoms. The molecule has 4 rings (SSSR count). The Bertz CT molecular complexity index is 1220. The van der Waals surface area contributed by atoms with E-state index in [2.05, 4.69) is 15.6 Å². The number of fused-ring (bicyclic) bond motifs is 2. The highest BCUT2D eigenvalue weighted by Crippen LogP contribution is 2.41. The van der Waals surface area contributed by atoms with Crippen LogP contribution in [-0.2, 0) is 27.5 Å². The number of benzene rings is 2. The van der Waals surface area contributed by atoms with Gasteiger partial charge in [0, 0.05) is 49.6 Å². The number of halogens is 1. The van der Waals surface area contributed by atoms with Gasteiger partial charge in [-0.1, -0.05) is 18.2 Å². The molecule has 10 heteroatoms. The van der Waals surface area contributed by atoms with Crippen molar-refractivity contribution in [2.45, 2.75) is 32.0 Å². The Labute approximate surface area is 202 Å². The van der Waals surface area contributed by atoms with Gasteiger partial charge >= 0.3 is 5.97 Å². The average Bonchev–Trinajstić information content (AvgIpc) is 3.36. The highest BCUT2D eigenvalue weighted by Gasteiger charge is 2.32. The van der Waals surface area contributed by atoms with E-state index < -0.39 is 17.8 Å². The van der Waals surface area contributed by atoms with Crippen molar-refractivity contribution in [3.63, 3.8) is 0 Å². The van der Waals surface area contributed by atoms with Crippen LogP contribution in [0.3, 0.4) is 0 Å². The lowest BCUT2D eigenvalue weighted by molar-refractivity contribution is -0.139. The summed E-state index contributed by atoms with van der Waals surface area (Å²) < 4.78 is 19.7. The van der Waals surface area contributed by atoms with E-state index in [1.54, 1.807) is 19.0 Å². The first-order valence-corrected chi connectivity index (χ1v) is 11.3. The number of carboxylic acids is 1. The molecule has 5 N–H and O–H groups in total. The Morgan fingerprint density at radius 3 is 2.83 bits per heavy atom. The number of carboxylic acid groups (broad SMARTS) is 1. The number of carbonyl (C=O) groups excluding carboxylic acids is 1. The lowest BCUT2D eigenvalue weighted by Gasteiger charge is -2.15. The van der Waals surface area contributed by atoms with Crippen molar-refractivity contribution in [1.82, 2.24) is 10.2 Å². The number of nitrogens with two attached hydrogens (primary N) is 1. The maximum absolute atomic E-state index is 13.8. The fourth-order valence-corrected chi connectivity index (χ4v) is 4.08. The fraction of sp³-hybridized carbons (Fsp3) is 0.320. The largest absolute Gasteiger partial charge is 0.487 e. The maximum atomic E-state index is 13.8. The Balaban J connectivity index is 1.44. The van der Waals surface area contributed by atoms with Gasteiger partial charge < -0.3 is 31.1 Å². The van der Waals surface area contributed by atoms with Crippen LogP contribution in [-0.4, -0.2) is 54.5 Å². The molecule has 0 saturated heterocycles. The van der Waals surface area contributed by atoms with Gasteiger partial charge in [-0.25, -0.2) is 4.39 Å². The number of amides is 1. The standard InChI is InChI=1S/C25H28FN5O4/c1-31(2)25(27)28-9-3-4-20(24(33)34)29-12-14-5-7-17-15(10-14)13-35-22(17)21-18-11-16(26)6-8-19(18)30-23(21)32/h5-8,10-11,20,29H,3-4,9,12-13H2,1-2H3,(H2,27,28)(H,30,32)(H,33,34)/b22-21+. The first-order chi connectivity index (χ1) is 16.7. The minimum Gasteiger partial charge on any atom is -0.487 e. The average molecular weight is 482 g/mol. The summed E-state index contributed by atoms with van der Waals surface area (Å²) in [5.74, 6) is -0.867. The predicted octanol–water partition coefficient (Wildman–Crippen LogP) is 2.38. The normalized spacial score (nSPS) is 17.5. The monoisotopic (exact) mass is 481 g/mol. The molecule has 2 aromatic rings. The van der Waals surface area contributed by atoms with Gasteiger partial charge in [-0.15, -0.1) is 0 Å². The third-order valence-electron chi connectivity index (χ3n) is 5.97. The number of hydrogen-bond acceptors (Lipinski definition) is 5. The third-order valence-corrected chi connectivity index (χ3v) is 5.97. The fourth-order valence-electron chi connectivity index (χ4n) is 4.08. The van der Waals surface area contributed by atoms with Crippen molar-refractivity contribution in [1.29, 1.82) is 0 Å². The molecule has 2 heterocycles. The van der Waals surface area contributed by atoms with Gasteiger partial charge in [0.1, 0.15) is 24.2 Å². The summed E-state index contributed by atoms with van der Waals surface area (Å²) in [5, 5.41) is 15.4. The van der Waals surface area contributed by atoms with E-state index in [1.165, 1.54) is 18.2 Å². The Morgan fingerprint density at radius 1 is 1.29 bits per heavy atom. The van der Waals surface area contributed by atoms with Gasteiger partial charge in [-0.2, -0.15) is 0 Å². The molecule has 0 aromatic heterocycles. The molecule has 184 valence electrons. The predicted molar refractivity (Wildman–Crippen MR) is 131 cm³/mol. The van der Waals surface area contributed by atoms with Crippen LogP contribution in [0, 0.1) is 5.82 Å². The van der Waals surface area contributed by atoms with Crippen LogP contribution >= 0.6 is 0 Å². The third kappa shape index (κ3) is 5.27. The summed E-state index contributed by atoms with van der Waals surface area (Å²) in [6.45, 7) is 1.07. The molecule has 0 fully saturated rings. The van der Waals surface area contributed by atoms with Crippen molar-refractivity contribution in [3.8, 4) is 0 Å². The second kappa shape index (κ2) is 10.1. The number of guanidine groups is 1. The number of ether oxygens (including phenoxy) is 1. The van der Waals surface area contributed by atoms with Gasteiger partial charge in [0.25, 0.3) is 5.91 Å². The number of hydrogen-bond donors (Lipinski definition) is 4. The van der Waals surface area contributed by atoms with E-state index in [9.17, 15) is 19.1 Å². The van der Waals surface area contributed by atoms with Crippen LogP contribution < -0.4 is 16.4 Å². The van der Waals surface area contributed by atoms with E-state index in [1.807, 2.05) is 18.2 Å². The lowest BCUT2D eigenvalue weighted by atomic mass is 9.99. The SMILES string of the molecule is CN(C)C(N)=NCCCC(NCc1ccc2c(c1)CO/C2=C1/C(=O)Nc2ccc(F)cc21)C(=O)O. The van der Waals surface area contributed by atoms with E-state index >= 15 is 0 Å². The second-order valence-electron chi connectivity index (χ2n) is 8.68. The molecular formula is C25H28FN5O4. The molecule has 1 amide bonds. The second-order valence-corrected chi connectivity index (χ2v) is 8.68. The zero-order valence-electron chi connectivity index (χ0n) is 19.6. The molecule has 0 aliphatic carbocycles. The molecule has 0 radical (unpaired) electrons. The first-order valence-electron chi connectivity index (χ1n) is 11.3. The number of carbonyl (C=O) groups is 2. The molecular weight excluding hydrogens is 453 g/mol. The van der Waals surface area contributed by atoms with E-state index in [0.717, 1.165) is 16.7 Å². The quantitative estimate of drug-likeness (QED) is 0.197. The Kier molecular flexibility index (Phi) is 7.02. The zero-order valence-corrected chi connectivity index (χ0v) is 19.6. The van der Waals surface area contributed by atoms with E-state index in [-0.39, 0.29) is 12.5 Å². The highest BCUT2D eigenvalue weighted by atomic mass is 19.1. The molecule has 0 bridgehead atoms. The maximum Gasteiger partial charge on any atom is 0.320 e. The molecule has 1 unspecified atom stereocenters. The van der Waals surface area contributed by atoms with Gasteiger partial charge in [0.05, 0.1) is 5.57 Å². The topological polar surface area (TPSA) is 129 Å². The van der Waals surface area contributed by atoms with Crippen LogP contribution in [0.1, 0.15) is 35.1 Å². The summed E-state index contributed by atoms with van der Waals surface area (Å²) >= 11 is 0. The van der Waals surface area contributed by atoms with Gasteiger partial charge in [-0.05, 0) is 36.6 Å². The molecule has 0 saturated carbocycles. The van der Waals surface area contributed by atoms with Crippen LogP contribution in [0.25, 0.3) is 11.3 Å². The number of aliphatic carboxylic acids is 1. The Hall–Kier alpha value is -3.92. The van der Waals surface area contributed by atoms with E-state index in [4.69, 9.17) is 10.5 Å². The van der Waals surface area contributed by atoms with Gasteiger partial charge in [-0.3, -0.25) is 14.6 Å². The number of nitrogens with one attached hydrogen (secondary N) is 2. The van der Waals surface area contributed by atoms with Gasteiger partial charge in [0.15, 0.2) is 5.96 Å². The summed E-state index contributed by atoms with van der Waals surface area (Å²) in [6.07, 6.45) is 0.993. The van der Waals surface area contributed by atoms with Crippen molar-refractivity contribution >= 4 is 34.9 Å². The molecule has 35 heavy (non-hydrogen) atoms. The van der Waals surface area contributed by atoms with Crippen molar-refractivity contribution in [3.05, 3.63) is 64.5 Å². The number of rotatable bonds is 8. The first kappa shape index (κ1) is 24.2. The smallest absolute Gasteiger partial charge is 0.320 e. The summed E-state index contributed by atoms with van der Waals surface area (Å²) in [7, 11) is 3.59. The van der Waals surface area contributed by atoms with Crippen LogP contribution in [0.4, 0.5) is 10.1 Å². The lowest BCUT2D eigenvalue weighted by Crippen LogP contribution is -2.36. The molecule has 1 atom stereocenters. The molecule has 2 aromatic carbocycles. The molecule has 2 aliphatic heterocycles. The van der Waals surface area contributed by atoms with Crippen LogP contribution in [0.2, 0.25) is 0 Å². The summed E-state index contributed by atoms with van der Waals surface area (Å²) in [4.78, 5) is 30.1. The summed E-state index contributed by atoms with van der Waals surface area (Å²) in [5.41, 5.74) is 9.62. The minimum atomic E-state index is -0.927. The number of nitrogens with zero attached hydrogens (tertiary/aromatic N) is 2. The van der Waals surface area contributed by atoms with E-state index in [0.29, 0.717) is 54.5 Å². The Morgan fingerprint density at radius 2 is 2.09 bits per heavy atom. The zero-order chi connectivity index (χ0) is 25.1.